The van der Waals surface area contributed by atoms with Crippen LogP contribution >= 0.6 is 0 Å². The van der Waals surface area contributed by atoms with Gasteiger partial charge in [0.25, 0.3) is 0 Å². The molecular formula is C17H28N2O2. The molecule has 1 saturated heterocycles. The summed E-state index contributed by atoms with van der Waals surface area (Å²) >= 11 is 0. The Balaban J connectivity index is 1.89. The van der Waals surface area contributed by atoms with Crippen LogP contribution in [0.3, 0.4) is 0 Å². The number of hydrogen-bond donors (Lipinski definition) is 1. The highest BCUT2D eigenvalue weighted by atomic mass is 16.5. The van der Waals surface area contributed by atoms with E-state index < -0.39 is 0 Å². The van der Waals surface area contributed by atoms with E-state index in [9.17, 15) is 5.11 Å². The zero-order chi connectivity index (χ0) is 15.2. The Morgan fingerprint density at radius 2 is 2.24 bits per heavy atom. The summed E-state index contributed by atoms with van der Waals surface area (Å²) in [7, 11) is 4.32. The van der Waals surface area contributed by atoms with E-state index in [4.69, 9.17) is 4.74 Å². The molecule has 118 valence electrons. The third kappa shape index (κ3) is 4.61. The lowest BCUT2D eigenvalue weighted by atomic mass is 10.1. The van der Waals surface area contributed by atoms with Crippen LogP contribution in [-0.2, 0) is 6.54 Å². The van der Waals surface area contributed by atoms with Crippen LogP contribution in [0.1, 0.15) is 31.7 Å². The summed E-state index contributed by atoms with van der Waals surface area (Å²) in [6, 6.07) is 6.28. The van der Waals surface area contributed by atoms with Gasteiger partial charge in [-0.3, -0.25) is 0 Å². The molecule has 0 saturated carbocycles. The third-order valence-corrected chi connectivity index (χ3v) is 4.16. The van der Waals surface area contributed by atoms with Crippen molar-refractivity contribution < 1.29 is 9.84 Å². The summed E-state index contributed by atoms with van der Waals surface area (Å²) in [4.78, 5) is 4.71. The zero-order valence-electron chi connectivity index (χ0n) is 13.5. The highest BCUT2D eigenvalue weighted by Gasteiger charge is 2.22. The minimum Gasteiger partial charge on any atom is -0.507 e. The summed E-state index contributed by atoms with van der Waals surface area (Å²) in [6.45, 7) is 5.78. The Morgan fingerprint density at radius 1 is 1.43 bits per heavy atom. The number of benzene rings is 1. The Labute approximate surface area is 128 Å². The summed E-state index contributed by atoms with van der Waals surface area (Å²) < 4.78 is 5.54. The number of nitrogens with zero attached hydrogens (tertiary/aromatic N) is 2. The van der Waals surface area contributed by atoms with Gasteiger partial charge in [0.05, 0.1) is 6.61 Å². The van der Waals surface area contributed by atoms with Crippen molar-refractivity contribution in [3.63, 3.8) is 0 Å². The van der Waals surface area contributed by atoms with Crippen molar-refractivity contribution in [2.24, 2.45) is 0 Å². The van der Waals surface area contributed by atoms with Gasteiger partial charge in [-0.1, -0.05) is 13.0 Å². The molecule has 0 aliphatic carbocycles. The van der Waals surface area contributed by atoms with Gasteiger partial charge in [0.15, 0.2) is 0 Å². The number of likely N-dealkylation sites (N-methyl/N-ethyl adjacent to an activating group) is 2. The number of ether oxygens (including phenoxy) is 1. The van der Waals surface area contributed by atoms with Crippen molar-refractivity contribution in [1.29, 1.82) is 0 Å². The number of phenols is 1. The second kappa shape index (κ2) is 7.66. The first-order chi connectivity index (χ1) is 10.1. The molecule has 1 aliphatic heterocycles. The van der Waals surface area contributed by atoms with Crippen molar-refractivity contribution in [2.75, 3.05) is 33.8 Å². The maximum atomic E-state index is 10.1. The average molecular weight is 292 g/mol. The van der Waals surface area contributed by atoms with Crippen LogP contribution in [0.4, 0.5) is 0 Å². The van der Waals surface area contributed by atoms with Gasteiger partial charge in [0.2, 0.25) is 0 Å². The minimum atomic E-state index is 0.329. The Morgan fingerprint density at radius 3 is 2.86 bits per heavy atom. The number of likely N-dealkylation sites (tertiary alicyclic amines) is 1. The Kier molecular flexibility index (Phi) is 5.88. The average Bonchev–Trinajstić information content (AvgIpc) is 2.84. The number of hydrogen-bond acceptors (Lipinski definition) is 4. The van der Waals surface area contributed by atoms with Crippen molar-refractivity contribution in [2.45, 2.75) is 38.8 Å². The number of rotatable bonds is 7. The summed E-state index contributed by atoms with van der Waals surface area (Å²) in [5.74, 6) is 1.08. The van der Waals surface area contributed by atoms with Crippen molar-refractivity contribution in [1.82, 2.24) is 9.80 Å². The highest BCUT2D eigenvalue weighted by molar-refractivity contribution is 5.39. The number of aromatic hydroxyl groups is 1. The zero-order valence-corrected chi connectivity index (χ0v) is 13.5. The highest BCUT2D eigenvalue weighted by Crippen LogP contribution is 2.25. The summed E-state index contributed by atoms with van der Waals surface area (Å²) in [5.41, 5.74) is 0.960. The third-order valence-electron chi connectivity index (χ3n) is 4.16. The first kappa shape index (κ1) is 16.1. The summed E-state index contributed by atoms with van der Waals surface area (Å²) in [5, 5.41) is 10.1. The van der Waals surface area contributed by atoms with Gasteiger partial charge >= 0.3 is 0 Å². The van der Waals surface area contributed by atoms with Crippen LogP contribution in [0.5, 0.6) is 11.5 Å². The van der Waals surface area contributed by atoms with Crippen molar-refractivity contribution in [3.05, 3.63) is 23.8 Å². The van der Waals surface area contributed by atoms with Gasteiger partial charge < -0.3 is 19.6 Å². The topological polar surface area (TPSA) is 35.9 Å². The SMILES string of the molecule is CCCOc1ccc(CN(C)CC2CCCN2C)c(O)c1. The van der Waals surface area contributed by atoms with Gasteiger partial charge in [-0.15, -0.1) is 0 Å². The molecule has 1 atom stereocenters. The Hall–Kier alpha value is -1.26. The maximum Gasteiger partial charge on any atom is 0.123 e. The largest absolute Gasteiger partial charge is 0.507 e. The lowest BCUT2D eigenvalue weighted by molar-refractivity contribution is 0.214. The van der Waals surface area contributed by atoms with Crippen molar-refractivity contribution >= 4 is 0 Å². The molecule has 4 heteroatoms. The van der Waals surface area contributed by atoms with Crippen LogP contribution < -0.4 is 4.74 Å². The van der Waals surface area contributed by atoms with Crippen molar-refractivity contribution in [3.8, 4) is 11.5 Å². The van der Waals surface area contributed by atoms with Crippen LogP contribution in [0.2, 0.25) is 0 Å². The molecule has 0 amide bonds. The molecule has 0 bridgehead atoms. The van der Waals surface area contributed by atoms with E-state index in [0.29, 0.717) is 18.4 Å². The predicted molar refractivity (Wildman–Crippen MR) is 85.9 cm³/mol. The van der Waals surface area contributed by atoms with E-state index in [-0.39, 0.29) is 0 Å². The second-order valence-electron chi connectivity index (χ2n) is 6.11. The molecule has 1 aromatic rings. The monoisotopic (exact) mass is 292 g/mol. The minimum absolute atomic E-state index is 0.329. The van der Waals surface area contributed by atoms with Gasteiger partial charge in [-0.25, -0.2) is 0 Å². The smallest absolute Gasteiger partial charge is 0.123 e. The fourth-order valence-electron chi connectivity index (χ4n) is 2.91. The second-order valence-corrected chi connectivity index (χ2v) is 6.11. The predicted octanol–water partition coefficient (Wildman–Crippen LogP) is 2.71. The molecule has 1 heterocycles. The quantitative estimate of drug-likeness (QED) is 0.838. The standard InChI is InChI=1S/C17H28N2O2/c1-4-10-21-16-8-7-14(17(20)11-16)12-18(2)13-15-6-5-9-19(15)3/h7-8,11,15,20H,4-6,9-10,12-13H2,1-3H3. The molecule has 0 radical (unpaired) electrons. The normalized spacial score (nSPS) is 19.3. The first-order valence-corrected chi connectivity index (χ1v) is 7.93. The maximum absolute atomic E-state index is 10.1. The molecule has 1 aliphatic rings. The van der Waals surface area contributed by atoms with Crippen LogP contribution in [0.25, 0.3) is 0 Å². The van der Waals surface area contributed by atoms with Crippen LogP contribution in [-0.4, -0.2) is 54.7 Å². The molecule has 1 N–H and O–H groups in total. The molecule has 2 rings (SSSR count). The molecule has 0 spiro atoms. The molecule has 0 aromatic heterocycles. The first-order valence-electron chi connectivity index (χ1n) is 7.93. The summed E-state index contributed by atoms with van der Waals surface area (Å²) in [6.07, 6.45) is 3.54. The van der Waals surface area contributed by atoms with Gasteiger partial charge in [-0.05, 0) is 46.0 Å². The van der Waals surface area contributed by atoms with E-state index >= 15 is 0 Å². The molecule has 21 heavy (non-hydrogen) atoms. The van der Waals surface area contributed by atoms with Gasteiger partial charge in [0.1, 0.15) is 11.5 Å². The fraction of sp³-hybridized carbons (Fsp3) is 0.647. The Bertz CT molecular complexity index is 450. The van der Waals surface area contributed by atoms with Gasteiger partial charge in [-0.2, -0.15) is 0 Å². The van der Waals surface area contributed by atoms with E-state index in [0.717, 1.165) is 30.8 Å². The lowest BCUT2D eigenvalue weighted by Gasteiger charge is -2.26. The molecule has 1 fully saturated rings. The lowest BCUT2D eigenvalue weighted by Crippen LogP contribution is -2.36. The van der Waals surface area contributed by atoms with E-state index in [1.165, 1.54) is 19.4 Å². The van der Waals surface area contributed by atoms with Crippen LogP contribution in [0, 0.1) is 0 Å². The van der Waals surface area contributed by atoms with E-state index in [1.807, 2.05) is 12.1 Å². The van der Waals surface area contributed by atoms with E-state index in [1.54, 1.807) is 6.07 Å². The molecule has 4 nitrogen and oxygen atoms in total. The van der Waals surface area contributed by atoms with Crippen LogP contribution in [0.15, 0.2) is 18.2 Å². The molecular weight excluding hydrogens is 264 g/mol. The van der Waals surface area contributed by atoms with E-state index in [2.05, 4.69) is 30.8 Å². The fourth-order valence-corrected chi connectivity index (χ4v) is 2.91. The number of phenolic OH excluding ortho intramolecular Hbond substituents is 1. The molecule has 1 unspecified atom stereocenters. The molecule has 1 aromatic carbocycles. The van der Waals surface area contributed by atoms with Gasteiger partial charge in [0, 0.05) is 30.8 Å².